The van der Waals surface area contributed by atoms with E-state index in [1.54, 1.807) is 41.4 Å². The number of carbonyl (C=O) groups excluding carboxylic acids is 3. The van der Waals surface area contributed by atoms with Gasteiger partial charge in [0, 0.05) is 43.1 Å². The number of nitrogens with zero attached hydrogens (tertiary/aromatic N) is 3. The van der Waals surface area contributed by atoms with E-state index in [4.69, 9.17) is 14.2 Å². The molecule has 1 saturated heterocycles. The molecule has 0 unspecified atom stereocenters. The summed E-state index contributed by atoms with van der Waals surface area (Å²) >= 11 is 0. The Kier molecular flexibility index (Phi) is 7.30. The number of carbonyl (C=O) groups is 3. The summed E-state index contributed by atoms with van der Waals surface area (Å²) in [5, 5.41) is 13.2. The number of nitrogens with one attached hydrogen (secondary N) is 3. The highest BCUT2D eigenvalue weighted by Crippen LogP contribution is 2.29. The fraction of sp³-hybridized carbons (Fsp3) is 0.276. The molecule has 0 saturated carbocycles. The van der Waals surface area contributed by atoms with Gasteiger partial charge in [-0.05, 0) is 48.0 Å². The van der Waals surface area contributed by atoms with Gasteiger partial charge in [0.15, 0.2) is 23.8 Å². The monoisotopic (exact) mass is 574 g/mol. The number of halogens is 1. The third-order valence-electron chi connectivity index (χ3n) is 7.17. The fourth-order valence-corrected chi connectivity index (χ4v) is 5.05. The van der Waals surface area contributed by atoms with Crippen LogP contribution in [0.3, 0.4) is 0 Å². The van der Waals surface area contributed by atoms with Crippen LogP contribution in [-0.4, -0.2) is 76.8 Å². The maximum Gasteiger partial charge on any atom is 0.272 e. The van der Waals surface area contributed by atoms with Gasteiger partial charge in [-0.1, -0.05) is 0 Å². The molecule has 0 aliphatic carbocycles. The summed E-state index contributed by atoms with van der Waals surface area (Å²) in [7, 11) is 1.45. The number of ether oxygens (including phenoxy) is 3. The van der Waals surface area contributed by atoms with Crippen LogP contribution in [0.2, 0.25) is 0 Å². The molecule has 1 fully saturated rings. The van der Waals surface area contributed by atoms with Crippen molar-refractivity contribution in [3.63, 3.8) is 0 Å². The molecule has 2 aromatic heterocycles. The molecule has 3 N–H and O–H groups in total. The first-order chi connectivity index (χ1) is 20.4. The average Bonchev–Trinajstić information content (AvgIpc) is 3.47. The Balaban J connectivity index is 1.31. The molecule has 4 aromatic rings. The molecule has 216 valence electrons. The van der Waals surface area contributed by atoms with Crippen LogP contribution in [0.15, 0.2) is 54.7 Å². The van der Waals surface area contributed by atoms with E-state index in [-0.39, 0.29) is 48.4 Å². The van der Waals surface area contributed by atoms with Gasteiger partial charge in [-0.3, -0.25) is 19.5 Å². The second-order valence-corrected chi connectivity index (χ2v) is 10.0. The molecule has 12 nitrogen and oxygen atoms in total. The van der Waals surface area contributed by atoms with E-state index >= 15 is 0 Å². The number of hydrogen-bond acceptors (Lipinski definition) is 8. The number of H-pyrrole nitrogens is 1. The standard InChI is InChI=1S/C29H27FN6O6/c1-40-24-5-3-17-10-25(24)41-15-26(37)31-12-16-8-19(30)11-20(9-16)42-23-6-7-36(14-22(23)34-28(17)38)29(39)21-4-2-18-13-32-35-27(18)33-21/h2-5,8-11,13,22-23H,6-7,12,14-15H2,1H3,(H,31,37)(H,34,38)(H,32,33,35)/t22-,23+/m0/s1. The van der Waals surface area contributed by atoms with Gasteiger partial charge in [-0.15, -0.1) is 0 Å². The molecule has 6 rings (SSSR count). The van der Waals surface area contributed by atoms with Crippen molar-refractivity contribution in [1.29, 1.82) is 0 Å². The van der Waals surface area contributed by atoms with Gasteiger partial charge < -0.3 is 29.7 Å². The van der Waals surface area contributed by atoms with Crippen LogP contribution in [-0.2, 0) is 11.3 Å². The van der Waals surface area contributed by atoms with E-state index in [1.165, 1.54) is 25.3 Å². The SMILES string of the molecule is COc1ccc2cc1OCC(=O)NCc1cc(F)cc(c1)O[C@@H]1CCN(C(=O)c3ccc4cn[nH]c4n3)C[C@@H]1NC2=O. The summed E-state index contributed by atoms with van der Waals surface area (Å²) in [5.41, 5.74) is 1.46. The van der Waals surface area contributed by atoms with Crippen LogP contribution in [0.4, 0.5) is 4.39 Å². The Bertz CT molecular complexity index is 1680. The zero-order valence-electron chi connectivity index (χ0n) is 22.6. The molecule has 0 radical (unpaired) electrons. The first kappa shape index (κ1) is 27.0. The first-order valence-electron chi connectivity index (χ1n) is 13.3. The highest BCUT2D eigenvalue weighted by Gasteiger charge is 2.35. The van der Waals surface area contributed by atoms with E-state index in [2.05, 4.69) is 25.8 Å². The minimum absolute atomic E-state index is 0.0499. The van der Waals surface area contributed by atoms with Crippen LogP contribution >= 0.6 is 0 Å². The number of likely N-dealkylation sites (tertiary alicyclic amines) is 1. The van der Waals surface area contributed by atoms with E-state index < -0.39 is 29.8 Å². The van der Waals surface area contributed by atoms with Gasteiger partial charge in [-0.2, -0.15) is 5.10 Å². The molecule has 2 atom stereocenters. The molecule has 2 aromatic carbocycles. The van der Waals surface area contributed by atoms with Gasteiger partial charge in [0.2, 0.25) is 0 Å². The van der Waals surface area contributed by atoms with E-state index in [1.807, 2.05) is 0 Å². The summed E-state index contributed by atoms with van der Waals surface area (Å²) in [6, 6.07) is 11.5. The maximum atomic E-state index is 14.5. The predicted molar refractivity (Wildman–Crippen MR) is 147 cm³/mol. The smallest absolute Gasteiger partial charge is 0.272 e. The topological polar surface area (TPSA) is 148 Å². The molecule has 2 aliphatic heterocycles. The van der Waals surface area contributed by atoms with Crippen LogP contribution in [0.25, 0.3) is 11.0 Å². The van der Waals surface area contributed by atoms with E-state index in [9.17, 15) is 18.8 Å². The molecule has 2 aliphatic rings. The number of fused-ring (bicyclic) bond motifs is 6. The normalized spacial score (nSPS) is 19.1. The van der Waals surface area contributed by atoms with Crippen LogP contribution in [0, 0.1) is 5.82 Å². The lowest BCUT2D eigenvalue weighted by Crippen LogP contribution is -2.58. The fourth-order valence-electron chi connectivity index (χ4n) is 5.05. The Morgan fingerprint density at radius 3 is 2.88 bits per heavy atom. The maximum absolute atomic E-state index is 14.5. The number of aromatic nitrogens is 3. The zero-order valence-corrected chi connectivity index (χ0v) is 22.6. The average molecular weight is 575 g/mol. The van der Waals surface area contributed by atoms with Crippen molar-refractivity contribution in [2.24, 2.45) is 0 Å². The minimum atomic E-state index is -0.656. The van der Waals surface area contributed by atoms with E-state index in [0.717, 1.165) is 5.39 Å². The molecular formula is C29H27FN6O6. The Morgan fingerprint density at radius 2 is 2.02 bits per heavy atom. The third kappa shape index (κ3) is 5.66. The van der Waals surface area contributed by atoms with Gasteiger partial charge in [0.25, 0.3) is 17.7 Å². The zero-order chi connectivity index (χ0) is 29.2. The van der Waals surface area contributed by atoms with Gasteiger partial charge in [-0.25, -0.2) is 9.37 Å². The second kappa shape index (κ2) is 11.4. The van der Waals surface area contributed by atoms with Crippen molar-refractivity contribution in [1.82, 2.24) is 30.7 Å². The van der Waals surface area contributed by atoms with Crippen molar-refractivity contribution in [2.75, 3.05) is 26.8 Å². The van der Waals surface area contributed by atoms with E-state index in [0.29, 0.717) is 29.9 Å². The molecule has 4 bridgehead atoms. The second-order valence-electron chi connectivity index (χ2n) is 10.0. The number of amides is 3. The lowest BCUT2D eigenvalue weighted by atomic mass is 10.00. The number of pyridine rings is 1. The quantitative estimate of drug-likeness (QED) is 0.330. The molecule has 4 heterocycles. The molecule has 42 heavy (non-hydrogen) atoms. The largest absolute Gasteiger partial charge is 0.493 e. The molecule has 13 heteroatoms. The predicted octanol–water partition coefficient (Wildman–Crippen LogP) is 2.21. The summed E-state index contributed by atoms with van der Waals surface area (Å²) in [6.45, 7) is 0.140. The highest BCUT2D eigenvalue weighted by atomic mass is 19.1. The molecule has 3 amide bonds. The number of benzene rings is 2. The Morgan fingerprint density at radius 1 is 1.14 bits per heavy atom. The lowest BCUT2D eigenvalue weighted by Gasteiger charge is -2.38. The van der Waals surface area contributed by atoms with Crippen molar-refractivity contribution < 1.29 is 33.0 Å². The van der Waals surface area contributed by atoms with Gasteiger partial charge >= 0.3 is 0 Å². The Hall–Kier alpha value is -5.20. The first-order valence-corrected chi connectivity index (χ1v) is 13.3. The Labute approximate surface area is 239 Å². The van der Waals surface area contributed by atoms with Gasteiger partial charge in [0.05, 0.1) is 19.3 Å². The summed E-state index contributed by atoms with van der Waals surface area (Å²) in [5.74, 6) is -0.961. The van der Waals surface area contributed by atoms with Crippen LogP contribution in [0.5, 0.6) is 17.2 Å². The highest BCUT2D eigenvalue weighted by molar-refractivity contribution is 5.96. The lowest BCUT2D eigenvalue weighted by molar-refractivity contribution is -0.123. The van der Waals surface area contributed by atoms with Crippen LogP contribution < -0.4 is 24.8 Å². The van der Waals surface area contributed by atoms with Crippen molar-refractivity contribution >= 4 is 28.8 Å². The summed E-state index contributed by atoms with van der Waals surface area (Å²) in [6.07, 6.45) is 1.38. The van der Waals surface area contributed by atoms with Crippen molar-refractivity contribution in [3.8, 4) is 17.2 Å². The number of hydrogen-bond donors (Lipinski definition) is 3. The summed E-state index contributed by atoms with van der Waals surface area (Å²) in [4.78, 5) is 45.3. The molecule has 0 spiro atoms. The summed E-state index contributed by atoms with van der Waals surface area (Å²) < 4.78 is 31.7. The molecular weight excluding hydrogens is 547 g/mol. The van der Waals surface area contributed by atoms with Crippen molar-refractivity contribution in [2.45, 2.75) is 25.1 Å². The van der Waals surface area contributed by atoms with Crippen molar-refractivity contribution in [3.05, 3.63) is 77.4 Å². The van der Waals surface area contributed by atoms with Crippen LogP contribution in [0.1, 0.15) is 32.8 Å². The number of piperidine rings is 1. The number of aromatic amines is 1. The minimum Gasteiger partial charge on any atom is -0.493 e. The number of methoxy groups -OCH3 is 1. The third-order valence-corrected chi connectivity index (χ3v) is 7.17. The van der Waals surface area contributed by atoms with Gasteiger partial charge in [0.1, 0.15) is 23.4 Å². The number of rotatable bonds is 2.